The van der Waals surface area contributed by atoms with Crippen molar-refractivity contribution >= 4 is 28.6 Å². The predicted molar refractivity (Wildman–Crippen MR) is 211 cm³/mol. The van der Waals surface area contributed by atoms with Crippen molar-refractivity contribution in [3.8, 4) is 29.1 Å². The molecule has 2 aliphatic rings. The fraction of sp³-hybridized carbons (Fsp3) is 0.318. The number of nitrogens with one attached hydrogen (secondary N) is 1. The molecule has 5 unspecified atom stereocenters. The Morgan fingerprint density at radius 2 is 1.96 bits per heavy atom. The van der Waals surface area contributed by atoms with Gasteiger partial charge in [0.2, 0.25) is 0 Å². The third kappa shape index (κ3) is 7.02. The van der Waals surface area contributed by atoms with E-state index in [4.69, 9.17) is 19.6 Å². The second-order valence-electron chi connectivity index (χ2n) is 14.4. The van der Waals surface area contributed by atoms with Crippen LogP contribution in [0.4, 0.5) is 11.6 Å². The minimum atomic E-state index is -1.27. The summed E-state index contributed by atoms with van der Waals surface area (Å²) in [5.74, 6) is 5.31. The van der Waals surface area contributed by atoms with Crippen molar-refractivity contribution in [2.24, 2.45) is 5.92 Å². The number of hydrogen-bond acceptors (Lipinski definition) is 12. The Balaban J connectivity index is 1.57. The lowest BCUT2D eigenvalue weighted by Gasteiger charge is -2.47. The molecule has 12 heteroatoms. The van der Waals surface area contributed by atoms with Crippen LogP contribution >= 0.6 is 0 Å². The number of pyridine rings is 2. The molecule has 2 aliphatic heterocycles. The van der Waals surface area contributed by atoms with Gasteiger partial charge in [-0.1, -0.05) is 30.2 Å². The van der Waals surface area contributed by atoms with Crippen LogP contribution in [0.2, 0.25) is 0 Å². The third-order valence-electron chi connectivity index (χ3n) is 10.9. The Morgan fingerprint density at radius 3 is 2.66 bits per heavy atom. The number of carbonyl (C=O) groups is 1. The molecule has 3 aromatic heterocycles. The molecule has 2 bridgehead atoms. The molecule has 5 aromatic rings. The average Bonchev–Trinajstić information content (AvgIpc) is 3.18. The van der Waals surface area contributed by atoms with Crippen molar-refractivity contribution in [1.29, 1.82) is 0 Å². The molecule has 7 rings (SSSR count). The van der Waals surface area contributed by atoms with Crippen molar-refractivity contribution in [3.05, 3.63) is 122 Å². The number of esters is 1. The number of nitrogens with two attached hydrogens (primary N) is 1. The first-order valence-electron chi connectivity index (χ1n) is 18.6. The zero-order valence-corrected chi connectivity index (χ0v) is 31.6. The quantitative estimate of drug-likeness (QED) is 0.0647. The van der Waals surface area contributed by atoms with Crippen molar-refractivity contribution in [3.63, 3.8) is 0 Å². The first kappa shape index (κ1) is 38.0. The summed E-state index contributed by atoms with van der Waals surface area (Å²) in [5.41, 5.74) is 7.63. The number of aliphatic hydroxyl groups excluding tert-OH is 1. The van der Waals surface area contributed by atoms with E-state index < -0.39 is 47.5 Å². The third-order valence-corrected chi connectivity index (χ3v) is 10.9. The van der Waals surface area contributed by atoms with E-state index in [1.807, 2.05) is 32.0 Å². The second kappa shape index (κ2) is 15.4. The van der Waals surface area contributed by atoms with Gasteiger partial charge in [-0.15, -0.1) is 5.92 Å². The van der Waals surface area contributed by atoms with E-state index in [-0.39, 0.29) is 58.2 Å². The molecule has 0 aliphatic carbocycles. The van der Waals surface area contributed by atoms with Crippen LogP contribution in [0.1, 0.15) is 79.5 Å². The van der Waals surface area contributed by atoms with E-state index in [0.29, 0.717) is 35.2 Å². The van der Waals surface area contributed by atoms with Gasteiger partial charge in [-0.25, -0.2) is 14.8 Å². The number of ether oxygens (including phenoxy) is 2. The van der Waals surface area contributed by atoms with Crippen LogP contribution in [0.5, 0.6) is 17.2 Å². The normalized spacial score (nSPS) is 21.7. The Kier molecular flexibility index (Phi) is 10.5. The first-order valence-corrected chi connectivity index (χ1v) is 18.6. The first-order chi connectivity index (χ1) is 26.9. The number of benzene rings is 2. The van der Waals surface area contributed by atoms with Crippen LogP contribution in [-0.2, 0) is 29.0 Å². The number of aromatic hydroxyl groups is 2. The molecule has 12 nitrogen and oxygen atoms in total. The number of aromatic nitrogens is 2. The largest absolute Gasteiger partial charge is 0.508 e. The highest BCUT2D eigenvalue weighted by Crippen LogP contribution is 2.55. The summed E-state index contributed by atoms with van der Waals surface area (Å²) < 4.78 is 19.9. The standard InChI is InChI=1S/C44H44N4O8/c1-5-24(3)43(53)55-34-21-32-40(52)38-33(51)20-30(23-49)54-42(38)39-37(27-15-16-47-35(45)19-27)31(26-9-7-11-29(50)18-26)12-8-10-28(44(34,4)56-41(32)39)17-25-13-14-36(46-6-2)48-22-25/h5,7,9,11,13-16,18-20,22,28,31,34,37,49-50,52H,6,10,17,21,23H2,1-4H3,(H2,45,47)(H,46,48). The van der Waals surface area contributed by atoms with Crippen molar-refractivity contribution in [2.45, 2.75) is 77.1 Å². The van der Waals surface area contributed by atoms with Gasteiger partial charge in [0, 0.05) is 66.4 Å². The lowest BCUT2D eigenvalue weighted by Crippen LogP contribution is -2.57. The fourth-order valence-corrected chi connectivity index (χ4v) is 7.81. The molecule has 0 fully saturated rings. The van der Waals surface area contributed by atoms with Gasteiger partial charge in [0.05, 0.1) is 5.92 Å². The van der Waals surface area contributed by atoms with E-state index in [1.54, 1.807) is 62.6 Å². The molecule has 288 valence electrons. The molecule has 2 aromatic carbocycles. The van der Waals surface area contributed by atoms with Crippen LogP contribution in [0.25, 0.3) is 11.0 Å². The maximum absolute atomic E-state index is 13.9. The van der Waals surface area contributed by atoms with Crippen LogP contribution < -0.4 is 21.2 Å². The van der Waals surface area contributed by atoms with Crippen LogP contribution in [0, 0.1) is 17.8 Å². The van der Waals surface area contributed by atoms with E-state index in [2.05, 4.69) is 27.1 Å². The molecule has 56 heavy (non-hydrogen) atoms. The highest BCUT2D eigenvalue weighted by molar-refractivity contribution is 5.92. The number of phenolic OH excluding ortho intramolecular Hbond substituents is 2. The van der Waals surface area contributed by atoms with E-state index in [1.165, 1.54) is 0 Å². The van der Waals surface area contributed by atoms with Crippen LogP contribution in [-0.4, -0.2) is 49.5 Å². The van der Waals surface area contributed by atoms with Gasteiger partial charge in [0.25, 0.3) is 0 Å². The van der Waals surface area contributed by atoms with Crippen molar-refractivity contribution in [2.75, 3.05) is 17.6 Å². The molecule has 6 N–H and O–H groups in total. The molecular formula is C44H44N4O8. The predicted octanol–water partition coefficient (Wildman–Crippen LogP) is 6.25. The highest BCUT2D eigenvalue weighted by atomic mass is 16.6. The van der Waals surface area contributed by atoms with E-state index >= 15 is 0 Å². The molecule has 0 radical (unpaired) electrons. The number of nitrogen functional groups attached to an aromatic ring is 1. The summed E-state index contributed by atoms with van der Waals surface area (Å²) in [7, 11) is 0. The minimum absolute atomic E-state index is 0.00645. The SMILES string of the molecule is CC=C(C)C(=O)OC1Cc2c3c(c4oc(CO)cc(=O)c4c2O)C(c2ccnc(N)c2)C(c2cccc(O)c2)C#CCC(Cc2ccc(NCC)nc2)C1(C)O3. The number of rotatable bonds is 9. The number of hydrogen-bond donors (Lipinski definition) is 5. The maximum atomic E-state index is 13.9. The van der Waals surface area contributed by atoms with Crippen LogP contribution in [0.3, 0.4) is 0 Å². The zero-order valence-electron chi connectivity index (χ0n) is 31.6. The Labute approximate surface area is 324 Å². The van der Waals surface area contributed by atoms with Gasteiger partial charge in [-0.05, 0) is 81.1 Å². The highest BCUT2D eigenvalue weighted by Gasteiger charge is 2.52. The smallest absolute Gasteiger partial charge is 0.333 e. The summed E-state index contributed by atoms with van der Waals surface area (Å²) in [6.07, 6.45) is 4.77. The number of anilines is 2. The van der Waals surface area contributed by atoms with Crippen molar-refractivity contribution in [1.82, 2.24) is 9.97 Å². The van der Waals surface area contributed by atoms with Gasteiger partial charge in [-0.2, -0.15) is 0 Å². The summed E-state index contributed by atoms with van der Waals surface area (Å²) in [5, 5.41) is 36.2. The Bertz CT molecular complexity index is 2470. The maximum Gasteiger partial charge on any atom is 0.333 e. The summed E-state index contributed by atoms with van der Waals surface area (Å²) in [4.78, 5) is 36.3. The lowest BCUT2D eigenvalue weighted by molar-refractivity contribution is -0.164. The summed E-state index contributed by atoms with van der Waals surface area (Å²) >= 11 is 0. The van der Waals surface area contributed by atoms with Gasteiger partial charge in [0.15, 0.2) is 5.43 Å². The second-order valence-corrected chi connectivity index (χ2v) is 14.4. The number of fused-ring (bicyclic) bond motifs is 3. The molecule has 0 saturated heterocycles. The average molecular weight is 757 g/mol. The van der Waals surface area contributed by atoms with Gasteiger partial charge in [0.1, 0.15) is 63.9 Å². The minimum Gasteiger partial charge on any atom is -0.508 e. The number of aliphatic hydroxyl groups is 1. The monoisotopic (exact) mass is 756 g/mol. The lowest BCUT2D eigenvalue weighted by atomic mass is 9.71. The number of phenols is 2. The zero-order chi connectivity index (χ0) is 39.7. The Hall–Kier alpha value is -6.32. The van der Waals surface area contributed by atoms with Gasteiger partial charge >= 0.3 is 5.97 Å². The molecule has 0 saturated carbocycles. The van der Waals surface area contributed by atoms with Crippen molar-refractivity contribution < 1.29 is 34.0 Å². The number of allylic oxidation sites excluding steroid dienone is 1. The van der Waals surface area contributed by atoms with Crippen LogP contribution in [0.15, 0.2) is 87.9 Å². The number of carbonyl (C=O) groups excluding carboxylic acids is 1. The molecular weight excluding hydrogens is 713 g/mol. The molecule has 5 atom stereocenters. The fourth-order valence-electron chi connectivity index (χ4n) is 7.81. The van der Waals surface area contributed by atoms with E-state index in [0.717, 1.165) is 17.4 Å². The summed E-state index contributed by atoms with van der Waals surface area (Å²) in [6, 6.07) is 15.3. The van der Waals surface area contributed by atoms with Gasteiger partial charge < -0.3 is 40.3 Å². The van der Waals surface area contributed by atoms with E-state index in [9.17, 15) is 24.9 Å². The Morgan fingerprint density at radius 1 is 1.14 bits per heavy atom. The molecule has 5 heterocycles. The topological polar surface area (TPSA) is 190 Å². The number of nitrogens with zero attached hydrogens (tertiary/aromatic N) is 2. The van der Waals surface area contributed by atoms with Gasteiger partial charge in [-0.3, -0.25) is 4.79 Å². The molecule has 0 spiro atoms. The molecule has 0 amide bonds. The summed E-state index contributed by atoms with van der Waals surface area (Å²) in [6.45, 7) is 7.41.